The van der Waals surface area contributed by atoms with Crippen molar-refractivity contribution in [3.05, 3.63) is 28.2 Å². The highest BCUT2D eigenvalue weighted by atomic mass is 16.3. The zero-order valence-electron chi connectivity index (χ0n) is 5.50. The van der Waals surface area contributed by atoms with Gasteiger partial charge in [-0.2, -0.15) is 0 Å². The average Bonchev–Trinajstić information content (AvgIpc) is 1.94. The van der Waals surface area contributed by atoms with Crippen molar-refractivity contribution in [3.8, 4) is 5.75 Å². The number of H-pyrrole nitrogens is 1. The van der Waals surface area contributed by atoms with Crippen LogP contribution in [0.25, 0.3) is 0 Å². The molecule has 1 amide bonds. The van der Waals surface area contributed by atoms with Crippen molar-refractivity contribution in [2.24, 2.45) is 5.73 Å². The number of amides is 1. The summed E-state index contributed by atoms with van der Waals surface area (Å²) in [6.07, 6.45) is 0. The third-order valence-corrected chi connectivity index (χ3v) is 1.15. The number of pyridine rings is 1. The van der Waals surface area contributed by atoms with Crippen molar-refractivity contribution in [2.75, 3.05) is 0 Å². The van der Waals surface area contributed by atoms with Crippen LogP contribution < -0.4 is 11.3 Å². The normalized spacial score (nSPS) is 9.45. The Morgan fingerprint density at radius 2 is 2.18 bits per heavy atom. The molecule has 1 aromatic rings. The van der Waals surface area contributed by atoms with E-state index < -0.39 is 17.2 Å². The number of rotatable bonds is 1. The van der Waals surface area contributed by atoms with Crippen LogP contribution >= 0.6 is 0 Å². The maximum absolute atomic E-state index is 10.6. The van der Waals surface area contributed by atoms with Crippen LogP contribution in [0.1, 0.15) is 10.5 Å². The molecule has 0 saturated carbocycles. The largest absolute Gasteiger partial charge is 0.503 e. The van der Waals surface area contributed by atoms with Crippen LogP contribution in [0.3, 0.4) is 0 Å². The number of carbonyl (C=O) groups is 1. The van der Waals surface area contributed by atoms with E-state index in [1.807, 2.05) is 0 Å². The Morgan fingerprint density at radius 3 is 2.64 bits per heavy atom. The van der Waals surface area contributed by atoms with E-state index in [4.69, 9.17) is 10.8 Å². The number of primary amides is 1. The van der Waals surface area contributed by atoms with Gasteiger partial charge in [0.15, 0.2) is 5.75 Å². The lowest BCUT2D eigenvalue weighted by atomic mass is 10.3. The highest BCUT2D eigenvalue weighted by molar-refractivity contribution is 5.90. The van der Waals surface area contributed by atoms with Crippen molar-refractivity contribution in [1.29, 1.82) is 0 Å². The van der Waals surface area contributed by atoms with E-state index in [-0.39, 0.29) is 5.69 Å². The molecule has 1 heterocycles. The van der Waals surface area contributed by atoms with Gasteiger partial charge in [0.25, 0.3) is 11.5 Å². The molecule has 0 aliphatic heterocycles. The maximum atomic E-state index is 10.6. The van der Waals surface area contributed by atoms with Crippen molar-refractivity contribution in [3.63, 3.8) is 0 Å². The predicted molar refractivity (Wildman–Crippen MR) is 37.2 cm³/mol. The second-order valence-corrected chi connectivity index (χ2v) is 1.95. The molecular weight excluding hydrogens is 148 g/mol. The summed E-state index contributed by atoms with van der Waals surface area (Å²) >= 11 is 0. The second kappa shape index (κ2) is 2.45. The van der Waals surface area contributed by atoms with Gasteiger partial charge in [-0.05, 0) is 12.1 Å². The van der Waals surface area contributed by atoms with Crippen molar-refractivity contribution < 1.29 is 9.90 Å². The van der Waals surface area contributed by atoms with Crippen LogP contribution in [-0.4, -0.2) is 16.0 Å². The monoisotopic (exact) mass is 154 g/mol. The molecule has 1 rings (SSSR count). The second-order valence-electron chi connectivity index (χ2n) is 1.95. The highest BCUT2D eigenvalue weighted by Crippen LogP contribution is 1.98. The number of aromatic hydroxyl groups is 1. The molecule has 0 saturated heterocycles. The minimum absolute atomic E-state index is 0.0206. The first-order chi connectivity index (χ1) is 5.11. The molecule has 11 heavy (non-hydrogen) atoms. The van der Waals surface area contributed by atoms with E-state index in [2.05, 4.69) is 4.98 Å². The Labute approximate surface area is 61.5 Å². The number of nitrogens with two attached hydrogens (primary N) is 1. The fourth-order valence-corrected chi connectivity index (χ4v) is 0.610. The van der Waals surface area contributed by atoms with Crippen LogP contribution in [0.2, 0.25) is 0 Å². The summed E-state index contributed by atoms with van der Waals surface area (Å²) in [5, 5.41) is 8.73. The third-order valence-electron chi connectivity index (χ3n) is 1.15. The number of hydrogen-bond donors (Lipinski definition) is 3. The highest BCUT2D eigenvalue weighted by Gasteiger charge is 2.02. The predicted octanol–water partition coefficient (Wildman–Crippen LogP) is -0.821. The van der Waals surface area contributed by atoms with E-state index in [0.29, 0.717) is 0 Å². The Balaban J connectivity index is 3.26. The van der Waals surface area contributed by atoms with Crippen LogP contribution in [0.4, 0.5) is 0 Å². The SMILES string of the molecule is NC(=O)c1ccc(O)c(=O)[nH]1. The molecule has 0 aliphatic carbocycles. The number of aromatic amines is 1. The lowest BCUT2D eigenvalue weighted by molar-refractivity contribution is 0.0995. The molecule has 0 spiro atoms. The molecule has 0 fully saturated rings. The molecule has 0 aromatic carbocycles. The first kappa shape index (κ1) is 7.33. The van der Waals surface area contributed by atoms with Gasteiger partial charge in [-0.15, -0.1) is 0 Å². The van der Waals surface area contributed by atoms with Crippen molar-refractivity contribution in [1.82, 2.24) is 4.98 Å². The summed E-state index contributed by atoms with van der Waals surface area (Å²) in [5.41, 5.74) is 4.10. The molecule has 58 valence electrons. The molecule has 5 nitrogen and oxygen atoms in total. The van der Waals surface area contributed by atoms with Gasteiger partial charge < -0.3 is 15.8 Å². The van der Waals surface area contributed by atoms with Crippen molar-refractivity contribution >= 4 is 5.91 Å². The van der Waals surface area contributed by atoms with Gasteiger partial charge in [0, 0.05) is 0 Å². The molecular formula is C6H6N2O3. The number of aromatic nitrogens is 1. The van der Waals surface area contributed by atoms with E-state index in [9.17, 15) is 9.59 Å². The summed E-state index contributed by atoms with van der Waals surface area (Å²) in [7, 11) is 0. The van der Waals surface area contributed by atoms with Gasteiger partial charge in [-0.1, -0.05) is 0 Å². The fourth-order valence-electron chi connectivity index (χ4n) is 0.610. The minimum atomic E-state index is -0.734. The Morgan fingerprint density at radius 1 is 1.55 bits per heavy atom. The van der Waals surface area contributed by atoms with E-state index in [1.54, 1.807) is 0 Å². The number of hydrogen-bond acceptors (Lipinski definition) is 3. The number of carbonyl (C=O) groups excluding carboxylic acids is 1. The molecule has 0 unspecified atom stereocenters. The summed E-state index contributed by atoms with van der Waals surface area (Å²) in [6, 6.07) is 2.35. The fraction of sp³-hybridized carbons (Fsp3) is 0. The Bertz CT molecular complexity index is 342. The van der Waals surface area contributed by atoms with Crippen LogP contribution in [0.5, 0.6) is 5.75 Å². The molecule has 4 N–H and O–H groups in total. The van der Waals surface area contributed by atoms with Crippen LogP contribution in [-0.2, 0) is 0 Å². The molecule has 1 aromatic heterocycles. The first-order valence-electron chi connectivity index (χ1n) is 2.83. The number of nitrogens with one attached hydrogen (secondary N) is 1. The van der Waals surface area contributed by atoms with Gasteiger partial charge in [0.05, 0.1) is 0 Å². The minimum Gasteiger partial charge on any atom is -0.503 e. The summed E-state index contributed by atoms with van der Waals surface area (Å²) in [5.74, 6) is -1.17. The summed E-state index contributed by atoms with van der Waals surface area (Å²) in [4.78, 5) is 23.2. The Hall–Kier alpha value is -1.78. The van der Waals surface area contributed by atoms with E-state index >= 15 is 0 Å². The molecule has 0 radical (unpaired) electrons. The topological polar surface area (TPSA) is 96.2 Å². The average molecular weight is 154 g/mol. The molecule has 0 atom stereocenters. The third kappa shape index (κ3) is 1.37. The van der Waals surface area contributed by atoms with Gasteiger partial charge >= 0.3 is 0 Å². The van der Waals surface area contributed by atoms with Crippen molar-refractivity contribution in [2.45, 2.75) is 0 Å². The van der Waals surface area contributed by atoms with Crippen LogP contribution in [0.15, 0.2) is 16.9 Å². The van der Waals surface area contributed by atoms with Gasteiger partial charge in [0.2, 0.25) is 0 Å². The zero-order chi connectivity index (χ0) is 8.43. The summed E-state index contributed by atoms with van der Waals surface area (Å²) < 4.78 is 0. The van der Waals surface area contributed by atoms with Gasteiger partial charge in [0.1, 0.15) is 5.69 Å². The quantitative estimate of drug-likeness (QED) is 0.493. The zero-order valence-corrected chi connectivity index (χ0v) is 5.50. The van der Waals surface area contributed by atoms with Gasteiger partial charge in [-0.3, -0.25) is 9.59 Å². The lowest BCUT2D eigenvalue weighted by Gasteiger charge is -1.93. The van der Waals surface area contributed by atoms with E-state index in [1.165, 1.54) is 6.07 Å². The standard InChI is InChI=1S/C6H6N2O3/c7-5(10)3-1-2-4(9)6(11)8-3/h1-2,9H,(H2,7,10)(H,8,11). The van der Waals surface area contributed by atoms with Gasteiger partial charge in [-0.25, -0.2) is 0 Å². The van der Waals surface area contributed by atoms with E-state index in [0.717, 1.165) is 6.07 Å². The maximum Gasteiger partial charge on any atom is 0.290 e. The smallest absolute Gasteiger partial charge is 0.290 e. The molecule has 0 bridgehead atoms. The first-order valence-corrected chi connectivity index (χ1v) is 2.83. The Kier molecular flexibility index (Phi) is 1.63. The van der Waals surface area contributed by atoms with Crippen LogP contribution in [0, 0.1) is 0 Å². The summed E-state index contributed by atoms with van der Waals surface area (Å²) in [6.45, 7) is 0. The lowest BCUT2D eigenvalue weighted by Crippen LogP contribution is -2.17. The molecule has 5 heteroatoms. The molecule has 0 aliphatic rings.